The number of hydrogen-bond donors (Lipinski definition) is 7. The fourth-order valence-electron chi connectivity index (χ4n) is 23.1. The molecular weight excluding hydrogens is 1740 g/mol. The molecule has 14 nitrogen and oxygen atoms in total. The van der Waals surface area contributed by atoms with Crippen molar-refractivity contribution in [2.75, 3.05) is 0 Å². The van der Waals surface area contributed by atoms with E-state index in [0.717, 1.165) is 165 Å². The van der Waals surface area contributed by atoms with Crippen LogP contribution in [0.15, 0.2) is 98.2 Å². The van der Waals surface area contributed by atoms with Crippen molar-refractivity contribution >= 4 is 41.8 Å². The molecule has 140 heavy (non-hydrogen) atoms. The highest BCUT2D eigenvalue weighted by Crippen LogP contribution is 2.60. The van der Waals surface area contributed by atoms with Crippen LogP contribution in [0, 0.1) is 82.9 Å². The SMILES string of the molecule is C=CCCCCC1C=CC(CCCCCCCC(=O)O)C(/C=C\CCCCCCCC(=O)O)C1CCCCC=C.CCCCC/C=C/CC1C(CCCCCCCC(=O)O)C(CCCCCCCC(=O)O)C2C(CCCCCCCC(=O)O)C=CC(CCCCCC)C2C1CCCCCC.CCCCC/C=C/CC1CCC=CC1CCCCCC.CCCCCCCC(=O)O.CCCCCCCC(=O)O. The summed E-state index contributed by atoms with van der Waals surface area (Å²) in [5, 5.41) is 61.8. The van der Waals surface area contributed by atoms with Crippen LogP contribution < -0.4 is 0 Å². The average Bonchev–Trinajstić information content (AvgIpc) is 0.737. The third kappa shape index (κ3) is 77.6. The van der Waals surface area contributed by atoms with Crippen molar-refractivity contribution in [3.8, 4) is 0 Å². The first-order valence-electron chi connectivity index (χ1n) is 59.9. The second kappa shape index (κ2) is 99.2. The number of unbranched alkanes of at least 4 members (excludes halogenated alkanes) is 48. The first-order chi connectivity index (χ1) is 68.2. The summed E-state index contributed by atoms with van der Waals surface area (Å²) in [4.78, 5) is 75.1. The van der Waals surface area contributed by atoms with Crippen molar-refractivity contribution in [2.24, 2.45) is 82.9 Å². The highest BCUT2D eigenvalue weighted by molar-refractivity contribution is 5.68. The summed E-state index contributed by atoms with van der Waals surface area (Å²) in [5.41, 5.74) is 0. The van der Waals surface area contributed by atoms with Gasteiger partial charge < -0.3 is 35.7 Å². The Labute approximate surface area is 862 Å². The van der Waals surface area contributed by atoms with Crippen molar-refractivity contribution in [3.63, 3.8) is 0 Å². The van der Waals surface area contributed by atoms with Gasteiger partial charge in [-0.3, -0.25) is 33.6 Å². The Morgan fingerprint density at radius 1 is 0.236 bits per heavy atom. The molecule has 0 aliphatic heterocycles. The Morgan fingerprint density at radius 3 is 0.864 bits per heavy atom. The lowest BCUT2D eigenvalue weighted by atomic mass is 9.47. The van der Waals surface area contributed by atoms with Gasteiger partial charge in [0.2, 0.25) is 0 Å². The standard InChI is InChI=1S/C54H96O6.C36H60O4.C20H36.2C8H16O2/c1-4-7-10-13-18-27-35-46-47(36-28-19-15-22-31-40-51(57)58)49(38-29-20-16-23-32-41-52(59)60)54-45(34-25-17-14-21-30-39-50(55)56)43-42-44(33-24-11-8-5-2)53(54)48(46)37-26-12-9-6-3;1-3-5-7-17-23-31-29-30-32(24-18-13-12-16-22-28-36(39)40)34(33(31)25-19-8-6-4-2)26-20-14-10-9-11-15-21-27-35(37)38;1-3-5-7-9-10-12-16-20-18-14-13-17-19(20)15-11-8-6-4-2;2*1-2-3-4-5-6-7-8(9)10/h18,27,42-49,53-54H,4-17,19-26,28-41H2,1-3H3,(H,55,56)(H,57,58)(H,59,60);3-4,20,26,29-34H,1-2,5-19,21-25,27-28H2,(H,37,38)(H,39,40);10,12-13,17,19-20H,3-9,11,14-16,18H2,1-2H3;2*2-7H2,1H3,(H,9,10)/b27-18+;26-20-;12-10+;;. The number of carbonyl (C=O) groups is 7. The van der Waals surface area contributed by atoms with E-state index in [1.807, 2.05) is 12.2 Å². The second-order valence-electron chi connectivity index (χ2n) is 43.1. The molecule has 0 aromatic heterocycles. The number of hydrogen-bond acceptors (Lipinski definition) is 7. The van der Waals surface area contributed by atoms with Crippen LogP contribution in [0.5, 0.6) is 0 Å². The minimum atomic E-state index is -0.685. The van der Waals surface area contributed by atoms with Crippen LogP contribution >= 0.6 is 0 Å². The molecule has 14 heteroatoms. The first-order valence-corrected chi connectivity index (χ1v) is 59.9. The number of allylic oxidation sites excluding steroid dienone is 14. The van der Waals surface area contributed by atoms with Crippen molar-refractivity contribution in [1.29, 1.82) is 0 Å². The molecule has 4 aliphatic rings. The molecule has 4 rings (SSSR count). The lowest BCUT2D eigenvalue weighted by molar-refractivity contribution is -0.138. The molecule has 0 aromatic carbocycles. The molecule has 14 unspecified atom stereocenters. The van der Waals surface area contributed by atoms with Gasteiger partial charge in [0.25, 0.3) is 0 Å². The molecule has 0 aromatic rings. The molecule has 7 N–H and O–H groups in total. The third-order valence-corrected chi connectivity index (χ3v) is 31.0. The van der Waals surface area contributed by atoms with E-state index in [2.05, 4.69) is 135 Å². The molecule has 0 spiro atoms. The molecule has 14 atom stereocenters. The van der Waals surface area contributed by atoms with Gasteiger partial charge in [0.05, 0.1) is 0 Å². The van der Waals surface area contributed by atoms with Gasteiger partial charge in [-0.05, 0) is 275 Å². The van der Waals surface area contributed by atoms with E-state index in [1.54, 1.807) is 0 Å². The molecule has 4 aliphatic carbocycles. The molecular formula is C126H224O14. The summed E-state index contributed by atoms with van der Waals surface area (Å²) in [6.07, 6.45) is 127. The normalized spacial score (nSPS) is 20.8. The van der Waals surface area contributed by atoms with Crippen LogP contribution in [0.2, 0.25) is 0 Å². The van der Waals surface area contributed by atoms with E-state index in [-0.39, 0.29) is 19.3 Å². The maximum Gasteiger partial charge on any atom is 0.303 e. The van der Waals surface area contributed by atoms with Crippen LogP contribution in [0.3, 0.4) is 0 Å². The number of fused-ring (bicyclic) bond motifs is 1. The molecule has 0 heterocycles. The minimum absolute atomic E-state index is 0.283. The number of aliphatic carboxylic acids is 7. The van der Waals surface area contributed by atoms with Crippen molar-refractivity contribution in [1.82, 2.24) is 0 Å². The third-order valence-electron chi connectivity index (χ3n) is 31.0. The highest BCUT2D eigenvalue weighted by Gasteiger charge is 2.53. The Hall–Kier alpha value is -5.79. The van der Waals surface area contributed by atoms with E-state index in [4.69, 9.17) is 25.5 Å². The number of carboxylic acids is 7. The monoisotopic (exact) mass is 1960 g/mol. The first kappa shape index (κ1) is 134. The predicted molar refractivity (Wildman–Crippen MR) is 596 cm³/mol. The quantitative estimate of drug-likeness (QED) is 0.0221. The van der Waals surface area contributed by atoms with Crippen LogP contribution in [-0.2, 0) is 33.6 Å². The minimum Gasteiger partial charge on any atom is -0.481 e. The lowest BCUT2D eigenvalue weighted by Crippen LogP contribution is -2.52. The van der Waals surface area contributed by atoms with Crippen LogP contribution in [0.25, 0.3) is 0 Å². The summed E-state index contributed by atoms with van der Waals surface area (Å²) in [7, 11) is 0. The Morgan fingerprint density at radius 2 is 0.486 bits per heavy atom. The zero-order chi connectivity index (χ0) is 103. The van der Waals surface area contributed by atoms with Gasteiger partial charge in [-0.2, -0.15) is 0 Å². The van der Waals surface area contributed by atoms with Gasteiger partial charge in [0.15, 0.2) is 0 Å². The van der Waals surface area contributed by atoms with Gasteiger partial charge in [0.1, 0.15) is 0 Å². The van der Waals surface area contributed by atoms with E-state index < -0.39 is 41.8 Å². The summed E-state index contributed by atoms with van der Waals surface area (Å²) < 4.78 is 0. The van der Waals surface area contributed by atoms with E-state index in [9.17, 15) is 43.8 Å². The van der Waals surface area contributed by atoms with E-state index in [1.165, 1.54) is 340 Å². The fourth-order valence-corrected chi connectivity index (χ4v) is 23.1. The van der Waals surface area contributed by atoms with Crippen molar-refractivity contribution in [3.05, 3.63) is 98.2 Å². The van der Waals surface area contributed by atoms with Crippen LogP contribution in [0.4, 0.5) is 0 Å². The maximum atomic E-state index is 11.2. The van der Waals surface area contributed by atoms with Gasteiger partial charge >= 0.3 is 41.8 Å². The van der Waals surface area contributed by atoms with Crippen LogP contribution in [0.1, 0.15) is 575 Å². The van der Waals surface area contributed by atoms with Gasteiger partial charge in [0, 0.05) is 44.9 Å². The van der Waals surface area contributed by atoms with Gasteiger partial charge in [-0.25, -0.2) is 0 Å². The smallest absolute Gasteiger partial charge is 0.303 e. The number of carboxylic acid groups (broad SMARTS) is 7. The summed E-state index contributed by atoms with van der Waals surface area (Å²) in [6.45, 7) is 23.7. The largest absolute Gasteiger partial charge is 0.481 e. The lowest BCUT2D eigenvalue weighted by Gasteiger charge is -2.58. The Bertz CT molecular complexity index is 3080. The summed E-state index contributed by atoms with van der Waals surface area (Å²) in [5.74, 6) is 5.21. The van der Waals surface area contributed by atoms with Crippen molar-refractivity contribution in [2.45, 2.75) is 575 Å². The molecule has 0 amide bonds. The van der Waals surface area contributed by atoms with E-state index >= 15 is 0 Å². The predicted octanol–water partition coefficient (Wildman–Crippen LogP) is 39.0. The Kier molecular flexibility index (Phi) is 95.1. The van der Waals surface area contributed by atoms with Crippen molar-refractivity contribution < 1.29 is 69.3 Å². The molecule has 0 bridgehead atoms. The Balaban J connectivity index is 0.00000204. The zero-order valence-corrected chi connectivity index (χ0v) is 92.1. The molecule has 0 radical (unpaired) electrons. The fraction of sp³-hybridized carbons (Fsp3) is 0.817. The molecule has 0 saturated heterocycles. The summed E-state index contributed by atoms with van der Waals surface area (Å²) in [6, 6.07) is 0. The molecule has 1 saturated carbocycles. The van der Waals surface area contributed by atoms with Gasteiger partial charge in [-0.1, -0.05) is 422 Å². The van der Waals surface area contributed by atoms with Crippen LogP contribution in [-0.4, -0.2) is 77.5 Å². The second-order valence-corrected chi connectivity index (χ2v) is 43.1. The molecule has 812 valence electrons. The topological polar surface area (TPSA) is 261 Å². The van der Waals surface area contributed by atoms with E-state index in [0.29, 0.717) is 84.9 Å². The summed E-state index contributed by atoms with van der Waals surface area (Å²) >= 11 is 0. The maximum absolute atomic E-state index is 11.2. The average molecular weight is 1960 g/mol. The van der Waals surface area contributed by atoms with Gasteiger partial charge in [-0.15, -0.1) is 13.2 Å². The zero-order valence-electron chi connectivity index (χ0n) is 92.1. The number of rotatable bonds is 90. The highest BCUT2D eigenvalue weighted by atomic mass is 16.4. The molecule has 1 fully saturated rings.